The van der Waals surface area contributed by atoms with E-state index in [2.05, 4.69) is 10.8 Å². The van der Waals surface area contributed by atoms with Crippen LogP contribution in [0.25, 0.3) is 11.1 Å². The Morgan fingerprint density at radius 2 is 1.12 bits per heavy atom. The van der Waals surface area contributed by atoms with E-state index in [1.54, 1.807) is 0 Å². The molecule has 0 N–H and O–H groups in total. The molecule has 1 heterocycles. The molecule has 0 bridgehead atoms. The maximum Gasteiger partial charge on any atom is 0.135 e. The van der Waals surface area contributed by atoms with E-state index >= 15 is 0 Å². The molecule has 0 aliphatic carbocycles. The van der Waals surface area contributed by atoms with Gasteiger partial charge in [-0.05, 0) is 33.3 Å². The fraction of sp³-hybridized carbons (Fsp3) is 0. The van der Waals surface area contributed by atoms with E-state index < -0.39 is 10.0 Å². The lowest BCUT2D eigenvalue weighted by Crippen LogP contribution is -1.90. The Hall–Kier alpha value is -2.23. The van der Waals surface area contributed by atoms with E-state index in [9.17, 15) is 10.5 Å². The van der Waals surface area contributed by atoms with E-state index in [0.717, 1.165) is 20.9 Å². The molecule has 0 unspecified atom stereocenters. The van der Waals surface area contributed by atoms with Crippen molar-refractivity contribution in [2.75, 3.05) is 0 Å². The molecule has 2 nitrogen and oxygen atoms in total. The Kier molecular flexibility index (Phi) is 1.98. The number of fused-ring (bicyclic) bond motifs is 3. The van der Waals surface area contributed by atoms with Crippen LogP contribution in [-0.2, 0) is 0 Å². The van der Waals surface area contributed by atoms with E-state index in [1.807, 2.05) is 48.5 Å². The Labute approximate surface area is 101 Å². The molecular formula is C14H8N2S. The molecule has 0 spiro atoms. The largest absolute Gasteiger partial charge is 0.185 e. The lowest BCUT2D eigenvalue weighted by molar-refractivity contribution is 1.45. The van der Waals surface area contributed by atoms with E-state index in [1.165, 1.54) is 0 Å². The molecule has 0 atom stereocenters. The zero-order chi connectivity index (χ0) is 11.9. The fourth-order valence-corrected chi connectivity index (χ4v) is 4.50. The van der Waals surface area contributed by atoms with Gasteiger partial charge in [-0.25, -0.2) is 0 Å². The van der Waals surface area contributed by atoms with Crippen LogP contribution in [0.2, 0.25) is 0 Å². The van der Waals surface area contributed by atoms with Crippen molar-refractivity contribution in [2.45, 2.75) is 9.79 Å². The van der Waals surface area contributed by atoms with Crippen molar-refractivity contribution in [2.24, 2.45) is 0 Å². The Morgan fingerprint density at radius 1 is 0.706 bits per heavy atom. The molecule has 0 saturated carbocycles. The molecule has 2 aromatic rings. The van der Waals surface area contributed by atoms with Crippen molar-refractivity contribution >= 4 is 10.0 Å². The summed E-state index contributed by atoms with van der Waals surface area (Å²) in [5.41, 5.74) is 2.06. The zero-order valence-corrected chi connectivity index (χ0v) is 9.74. The second-order valence-corrected chi connectivity index (χ2v) is 6.26. The summed E-state index contributed by atoms with van der Waals surface area (Å²) in [6, 6.07) is 15.4. The standard InChI is InChI=1S/C14H8N2S/c15-9-17(10-16)13-7-3-1-5-11(13)12-6-2-4-8-14(12)17/h1-8H. The number of rotatable bonds is 0. The van der Waals surface area contributed by atoms with Crippen LogP contribution in [0, 0.1) is 21.3 Å². The summed E-state index contributed by atoms with van der Waals surface area (Å²) >= 11 is 0. The quantitative estimate of drug-likeness (QED) is 0.652. The minimum Gasteiger partial charge on any atom is -0.185 e. The van der Waals surface area contributed by atoms with E-state index in [4.69, 9.17) is 0 Å². The van der Waals surface area contributed by atoms with E-state index in [-0.39, 0.29) is 0 Å². The first kappa shape index (κ1) is 9.96. The lowest BCUT2D eigenvalue weighted by Gasteiger charge is -2.19. The van der Waals surface area contributed by atoms with Gasteiger partial charge >= 0.3 is 0 Å². The van der Waals surface area contributed by atoms with Gasteiger partial charge in [0.2, 0.25) is 0 Å². The highest BCUT2D eigenvalue weighted by Gasteiger charge is 2.39. The van der Waals surface area contributed by atoms with Gasteiger partial charge in [-0.2, -0.15) is 10.5 Å². The van der Waals surface area contributed by atoms with Crippen molar-refractivity contribution in [3.63, 3.8) is 0 Å². The molecule has 17 heavy (non-hydrogen) atoms. The zero-order valence-electron chi connectivity index (χ0n) is 8.92. The predicted octanol–water partition coefficient (Wildman–Crippen LogP) is 3.85. The second kappa shape index (κ2) is 3.38. The van der Waals surface area contributed by atoms with E-state index in [0.29, 0.717) is 0 Å². The van der Waals surface area contributed by atoms with Gasteiger partial charge in [0.05, 0.1) is 0 Å². The number of nitriles is 2. The highest BCUT2D eigenvalue weighted by molar-refractivity contribution is 8.41. The fourth-order valence-electron chi connectivity index (χ4n) is 2.25. The summed E-state index contributed by atoms with van der Waals surface area (Å²) in [7, 11) is -2.14. The average molecular weight is 236 g/mol. The molecule has 3 heteroatoms. The van der Waals surface area contributed by atoms with Crippen LogP contribution in [-0.4, -0.2) is 0 Å². The van der Waals surface area contributed by atoms with Gasteiger partial charge in [0.25, 0.3) is 0 Å². The number of benzene rings is 2. The molecule has 0 amide bonds. The minimum atomic E-state index is -2.14. The summed E-state index contributed by atoms with van der Waals surface area (Å²) in [6.07, 6.45) is 0. The van der Waals surface area contributed by atoms with Gasteiger partial charge in [0, 0.05) is 9.79 Å². The summed E-state index contributed by atoms with van der Waals surface area (Å²) in [4.78, 5) is 1.76. The number of hydrogen-bond acceptors (Lipinski definition) is 2. The third-order valence-electron chi connectivity index (χ3n) is 3.00. The molecule has 1 aliphatic heterocycles. The van der Waals surface area contributed by atoms with Crippen LogP contribution < -0.4 is 0 Å². The monoisotopic (exact) mass is 236 g/mol. The Bertz CT molecular complexity index is 630. The maximum atomic E-state index is 9.47. The highest BCUT2D eigenvalue weighted by atomic mass is 32.3. The Morgan fingerprint density at radius 3 is 1.53 bits per heavy atom. The minimum absolute atomic E-state index is 0.881. The molecule has 80 valence electrons. The van der Waals surface area contributed by atoms with Crippen molar-refractivity contribution in [3.05, 3.63) is 48.5 Å². The van der Waals surface area contributed by atoms with Crippen molar-refractivity contribution in [3.8, 4) is 21.9 Å². The molecule has 0 aromatic heterocycles. The van der Waals surface area contributed by atoms with Gasteiger partial charge in [0.1, 0.15) is 10.8 Å². The normalized spacial score (nSPS) is 16.1. The topological polar surface area (TPSA) is 47.6 Å². The molecule has 3 rings (SSSR count). The van der Waals surface area contributed by atoms with Crippen LogP contribution in [0.3, 0.4) is 0 Å². The number of thiocyanates is 2. The SMILES string of the molecule is N#CS1(C#N)c2ccccc2-c2ccccc21. The molecule has 2 aromatic carbocycles. The smallest absolute Gasteiger partial charge is 0.135 e. The third-order valence-corrected chi connectivity index (χ3v) is 5.58. The summed E-state index contributed by atoms with van der Waals surface area (Å²) in [6.45, 7) is 0. The van der Waals surface area contributed by atoms with Crippen LogP contribution in [0.4, 0.5) is 0 Å². The van der Waals surface area contributed by atoms with Gasteiger partial charge in [-0.1, -0.05) is 36.4 Å². The third kappa shape index (κ3) is 1.09. The molecule has 1 aliphatic rings. The van der Waals surface area contributed by atoms with Crippen LogP contribution in [0.15, 0.2) is 58.3 Å². The molecular weight excluding hydrogens is 228 g/mol. The first-order valence-corrected chi connectivity index (χ1v) is 6.80. The van der Waals surface area contributed by atoms with Crippen LogP contribution >= 0.6 is 10.0 Å². The lowest BCUT2D eigenvalue weighted by atomic mass is 10.1. The van der Waals surface area contributed by atoms with Gasteiger partial charge in [-0.15, -0.1) is 0 Å². The average Bonchev–Trinajstić information content (AvgIpc) is 2.70. The first-order chi connectivity index (χ1) is 8.33. The first-order valence-electron chi connectivity index (χ1n) is 5.17. The molecule has 0 radical (unpaired) electrons. The van der Waals surface area contributed by atoms with Gasteiger partial charge in [-0.3, -0.25) is 0 Å². The highest BCUT2D eigenvalue weighted by Crippen LogP contribution is 2.70. The van der Waals surface area contributed by atoms with Crippen molar-refractivity contribution in [1.82, 2.24) is 0 Å². The van der Waals surface area contributed by atoms with Crippen molar-refractivity contribution in [1.29, 1.82) is 10.5 Å². The second-order valence-electron chi connectivity index (χ2n) is 3.79. The summed E-state index contributed by atoms with van der Waals surface area (Å²) < 4.78 is 0. The van der Waals surface area contributed by atoms with Gasteiger partial charge < -0.3 is 0 Å². The maximum absolute atomic E-state index is 9.47. The van der Waals surface area contributed by atoms with Crippen LogP contribution in [0.1, 0.15) is 0 Å². The van der Waals surface area contributed by atoms with Crippen molar-refractivity contribution < 1.29 is 0 Å². The predicted molar refractivity (Wildman–Crippen MR) is 67.2 cm³/mol. The number of nitrogens with zero attached hydrogens (tertiary/aromatic N) is 2. The summed E-state index contributed by atoms with van der Waals surface area (Å²) in [5, 5.41) is 23.5. The summed E-state index contributed by atoms with van der Waals surface area (Å²) in [5.74, 6) is 0. The Balaban J connectivity index is 2.49. The molecule has 0 saturated heterocycles. The number of hydrogen-bond donors (Lipinski definition) is 0. The van der Waals surface area contributed by atoms with Crippen LogP contribution in [0.5, 0.6) is 0 Å². The molecule has 0 fully saturated rings. The van der Waals surface area contributed by atoms with Gasteiger partial charge in [0.15, 0.2) is 0 Å².